The molecule has 0 bridgehead atoms. The molecular weight excluding hydrogens is 757 g/mol. The second-order valence-corrected chi connectivity index (χ2v) is 20.2. The van der Waals surface area contributed by atoms with Crippen molar-refractivity contribution >= 4 is 47.8 Å². The number of hydrogen-bond donors (Lipinski definition) is 0. The number of nitrogens with zero attached hydrogens (tertiary/aromatic N) is 4. The Kier molecular flexibility index (Phi) is 11.0. The van der Waals surface area contributed by atoms with E-state index in [-0.39, 0.29) is 29.4 Å². The van der Waals surface area contributed by atoms with Crippen molar-refractivity contribution in [3.63, 3.8) is 0 Å². The third kappa shape index (κ3) is 7.67. The van der Waals surface area contributed by atoms with Crippen LogP contribution >= 0.6 is 0 Å². The fraction of sp³-hybridized carbons (Fsp3) is 0.500. The second kappa shape index (κ2) is 15.5. The highest BCUT2D eigenvalue weighted by molar-refractivity contribution is 6.99. The second-order valence-electron chi connectivity index (χ2n) is 15.9. The van der Waals surface area contributed by atoms with Gasteiger partial charge in [-0.25, -0.2) is 9.97 Å². The number of carbonyl (C=O) groups is 3. The van der Waals surface area contributed by atoms with Crippen molar-refractivity contribution in [1.29, 1.82) is 0 Å². The van der Waals surface area contributed by atoms with Crippen molar-refractivity contribution in [2.45, 2.75) is 115 Å². The molecule has 3 fully saturated rings. The molecule has 2 aromatic heterocycles. The van der Waals surface area contributed by atoms with Gasteiger partial charge in [0.25, 0.3) is 13.9 Å². The number of carbonyl (C=O) groups excluding carboxylic acids is 3. The summed E-state index contributed by atoms with van der Waals surface area (Å²) in [5.41, 5.74) is -0.488. The van der Waals surface area contributed by atoms with Gasteiger partial charge in [-0.15, -0.1) is 0 Å². The molecule has 2 aromatic carbocycles. The Balaban J connectivity index is 1.22. The molecule has 0 amide bonds. The predicted octanol–water partition coefficient (Wildman–Crippen LogP) is 2.91. The summed E-state index contributed by atoms with van der Waals surface area (Å²) >= 11 is 0. The van der Waals surface area contributed by atoms with Gasteiger partial charge in [0.2, 0.25) is 0 Å². The van der Waals surface area contributed by atoms with Crippen molar-refractivity contribution in [1.82, 2.24) is 19.1 Å². The molecule has 16 nitrogen and oxygen atoms in total. The fourth-order valence-electron chi connectivity index (χ4n) is 8.20. The largest absolute Gasteiger partial charge is 0.463 e. The molecule has 4 aromatic rings. The summed E-state index contributed by atoms with van der Waals surface area (Å²) in [6.07, 6.45) is -4.72. The number of rotatable bonds is 11. The summed E-state index contributed by atoms with van der Waals surface area (Å²) < 4.78 is 51.9. The minimum atomic E-state index is -2.95. The molecule has 3 aliphatic heterocycles. The summed E-state index contributed by atoms with van der Waals surface area (Å²) in [5.74, 6) is -2.96. The fourth-order valence-corrected chi connectivity index (χ4v) is 12.8. The number of imidazole rings is 1. The van der Waals surface area contributed by atoms with Gasteiger partial charge >= 0.3 is 17.9 Å². The lowest BCUT2D eigenvalue weighted by Gasteiger charge is -2.43. The highest BCUT2D eigenvalue weighted by Gasteiger charge is 2.58. The maximum absolute atomic E-state index is 14.2. The van der Waals surface area contributed by atoms with Crippen LogP contribution in [0.1, 0.15) is 67.8 Å². The molecule has 0 radical (unpaired) electrons. The quantitative estimate of drug-likeness (QED) is 0.123. The van der Waals surface area contributed by atoms with Crippen molar-refractivity contribution in [2.24, 2.45) is 0 Å². The van der Waals surface area contributed by atoms with Crippen molar-refractivity contribution in [2.75, 3.05) is 13.2 Å². The number of hydrogen-bond acceptors (Lipinski definition) is 14. The SMILES string of the molecule is CC(=O)OC[C@H]1O[C@@H](n2cnc3c(ncn3[C@@H]3O[C@H](CO[Si](c4ccccc4)(c4ccccc4)C(C)(C)C)[C@H]4OC(C)(C)O[C@H]43)c2=O)[C@H](OC(C)=O)[C@@H]1OC(C)=O. The van der Waals surface area contributed by atoms with Crippen LogP contribution in [0.3, 0.4) is 0 Å². The van der Waals surface area contributed by atoms with Crippen molar-refractivity contribution in [3.05, 3.63) is 83.7 Å². The first-order valence-corrected chi connectivity index (χ1v) is 20.7. The van der Waals surface area contributed by atoms with Gasteiger partial charge in [0.05, 0.1) is 12.9 Å². The number of ether oxygens (including phenoxy) is 7. The maximum atomic E-state index is 14.2. The van der Waals surface area contributed by atoms with Crippen LogP contribution in [0.15, 0.2) is 78.1 Å². The van der Waals surface area contributed by atoms with Gasteiger partial charge < -0.3 is 37.6 Å². The highest BCUT2D eigenvalue weighted by atomic mass is 28.4. The van der Waals surface area contributed by atoms with E-state index in [0.29, 0.717) is 0 Å². The Hall–Kier alpha value is -4.78. The zero-order valence-electron chi connectivity index (χ0n) is 33.1. The minimum Gasteiger partial charge on any atom is -0.463 e. The highest BCUT2D eigenvalue weighted by Crippen LogP contribution is 2.45. The number of aromatic nitrogens is 4. The Labute approximate surface area is 330 Å². The summed E-state index contributed by atoms with van der Waals surface area (Å²) in [6.45, 7) is 13.7. The average Bonchev–Trinajstić information content (AvgIpc) is 3.89. The van der Waals surface area contributed by atoms with Crippen LogP contribution in [0.5, 0.6) is 0 Å². The lowest BCUT2D eigenvalue weighted by Crippen LogP contribution is -2.67. The molecule has 304 valence electrons. The maximum Gasteiger partial charge on any atom is 0.303 e. The van der Waals surface area contributed by atoms with Gasteiger partial charge in [-0.3, -0.25) is 28.3 Å². The van der Waals surface area contributed by atoms with Crippen LogP contribution in [-0.4, -0.2) is 101 Å². The third-order valence-corrected chi connectivity index (χ3v) is 15.4. The molecular formula is C40H48N4O12Si. The molecule has 0 aliphatic carbocycles. The smallest absolute Gasteiger partial charge is 0.303 e. The van der Waals surface area contributed by atoms with Crippen molar-refractivity contribution < 1.29 is 52.0 Å². The number of esters is 3. The molecule has 17 heteroatoms. The minimum absolute atomic E-state index is 0.0412. The van der Waals surface area contributed by atoms with E-state index in [9.17, 15) is 19.2 Å². The number of fused-ring (bicyclic) bond motifs is 2. The molecule has 7 rings (SSSR count). The Bertz CT molecular complexity index is 2130. The Morgan fingerprint density at radius 3 is 1.88 bits per heavy atom. The summed E-state index contributed by atoms with van der Waals surface area (Å²) in [6, 6.07) is 20.6. The van der Waals surface area contributed by atoms with Crippen LogP contribution in [0.25, 0.3) is 11.2 Å². The van der Waals surface area contributed by atoms with E-state index < -0.39 is 86.7 Å². The molecule has 0 spiro atoms. The normalized spacial score (nSPS) is 26.9. The molecule has 0 N–H and O–H groups in total. The van der Waals surface area contributed by atoms with E-state index in [1.807, 2.05) is 50.2 Å². The van der Waals surface area contributed by atoms with Gasteiger partial charge in [0, 0.05) is 20.8 Å². The van der Waals surface area contributed by atoms with Gasteiger partial charge in [-0.2, -0.15) is 0 Å². The molecule has 57 heavy (non-hydrogen) atoms. The average molecular weight is 805 g/mol. The van der Waals surface area contributed by atoms with Gasteiger partial charge in [-0.1, -0.05) is 81.4 Å². The van der Waals surface area contributed by atoms with Crippen LogP contribution in [0, 0.1) is 0 Å². The monoisotopic (exact) mass is 804 g/mol. The summed E-state index contributed by atoms with van der Waals surface area (Å²) in [5, 5.41) is 1.97. The lowest BCUT2D eigenvalue weighted by molar-refractivity contribution is -0.199. The van der Waals surface area contributed by atoms with E-state index in [1.165, 1.54) is 33.4 Å². The lowest BCUT2D eigenvalue weighted by atomic mass is 10.1. The van der Waals surface area contributed by atoms with Gasteiger partial charge in [0.15, 0.2) is 41.6 Å². The molecule has 8 atom stereocenters. The Morgan fingerprint density at radius 1 is 0.737 bits per heavy atom. The van der Waals surface area contributed by atoms with Gasteiger partial charge in [-0.05, 0) is 29.3 Å². The first kappa shape index (κ1) is 40.4. The number of benzene rings is 2. The van der Waals surface area contributed by atoms with Crippen LogP contribution in [-0.2, 0) is 52.0 Å². The summed E-state index contributed by atoms with van der Waals surface area (Å²) in [4.78, 5) is 59.2. The zero-order chi connectivity index (χ0) is 40.9. The van der Waals surface area contributed by atoms with Crippen LogP contribution in [0.2, 0.25) is 5.04 Å². The van der Waals surface area contributed by atoms with Crippen LogP contribution in [0.4, 0.5) is 0 Å². The predicted molar refractivity (Wildman–Crippen MR) is 205 cm³/mol. The summed E-state index contributed by atoms with van der Waals surface area (Å²) in [7, 11) is -2.95. The van der Waals surface area contributed by atoms with E-state index in [4.69, 9.17) is 37.6 Å². The first-order chi connectivity index (χ1) is 27.0. The van der Waals surface area contributed by atoms with E-state index in [0.717, 1.165) is 14.9 Å². The third-order valence-electron chi connectivity index (χ3n) is 10.4. The topological polar surface area (TPSA) is 178 Å². The Morgan fingerprint density at radius 2 is 1.30 bits per heavy atom. The standard InChI is InChI=1S/C40H48N4O12Si/c1-23(45)49-19-28-31(51-24(2)46)33(52-25(3)47)37(53-28)44-22-42-35-30(36(44)48)41-21-43(35)38-34-32(55-40(7,8)56-34)29(54-38)20-50-57(39(4,5)6,26-15-11-9-12-16-26)27-17-13-10-14-18-27/h9-18,21-22,28-29,31-34,37-38H,19-20H2,1-8H3/t28-,29-,31-,32-,33-,34-,37-,38-/m1/s1. The zero-order valence-corrected chi connectivity index (χ0v) is 34.1. The first-order valence-electron chi connectivity index (χ1n) is 18.8. The molecule has 0 saturated carbocycles. The molecule has 5 heterocycles. The van der Waals surface area contributed by atoms with E-state index in [1.54, 1.807) is 4.57 Å². The van der Waals surface area contributed by atoms with E-state index in [2.05, 4.69) is 55.0 Å². The van der Waals surface area contributed by atoms with Crippen LogP contribution < -0.4 is 15.9 Å². The molecule has 3 aliphatic rings. The van der Waals surface area contributed by atoms with Crippen molar-refractivity contribution in [3.8, 4) is 0 Å². The van der Waals surface area contributed by atoms with E-state index >= 15 is 0 Å². The molecule has 3 saturated heterocycles. The van der Waals surface area contributed by atoms with Gasteiger partial charge in [0.1, 0.15) is 37.4 Å². The molecule has 0 unspecified atom stereocenters.